The molecule has 2 nitrogen and oxygen atoms in total. The number of hydrogen-bond acceptors (Lipinski definition) is 2. The number of benzene rings is 1. The zero-order valence-corrected chi connectivity index (χ0v) is 13.1. The Kier molecular flexibility index (Phi) is 4.78. The van der Waals surface area contributed by atoms with E-state index in [4.69, 9.17) is 11.6 Å². The fraction of sp³-hybridized carbons (Fsp3) is 0.308. The van der Waals surface area contributed by atoms with Crippen molar-refractivity contribution in [2.24, 2.45) is 0 Å². The lowest BCUT2D eigenvalue weighted by Gasteiger charge is -2.12. The maximum absolute atomic E-state index is 12.9. The van der Waals surface area contributed by atoms with Gasteiger partial charge in [-0.1, -0.05) is 18.5 Å². The van der Waals surface area contributed by atoms with Gasteiger partial charge in [-0.2, -0.15) is 0 Å². The van der Waals surface area contributed by atoms with Crippen LogP contribution >= 0.6 is 34.2 Å². The highest BCUT2D eigenvalue weighted by Crippen LogP contribution is 2.32. The average molecular weight is 397 g/mol. The predicted octanol–water partition coefficient (Wildman–Crippen LogP) is 5.25. The molecule has 0 aliphatic carbocycles. The van der Waals surface area contributed by atoms with E-state index in [-0.39, 0.29) is 5.69 Å². The number of nitrogens with one attached hydrogen (secondary N) is 1. The highest BCUT2D eigenvalue weighted by Gasteiger charge is 2.15. The van der Waals surface area contributed by atoms with Crippen LogP contribution in [0.1, 0.15) is 25.5 Å². The lowest BCUT2D eigenvalue weighted by Crippen LogP contribution is -2.03. The van der Waals surface area contributed by atoms with Crippen molar-refractivity contribution >= 4 is 50.8 Å². The van der Waals surface area contributed by atoms with Gasteiger partial charge in [0.15, 0.2) is 0 Å². The smallest absolute Gasteiger partial charge is 0.280 e. The highest BCUT2D eigenvalue weighted by atomic mass is 127. The Balaban J connectivity index is 2.67. The molecular formula is C13H12ClF2IN2. The summed E-state index contributed by atoms with van der Waals surface area (Å²) in [6.07, 6.45) is -1.68. The summed E-state index contributed by atoms with van der Waals surface area (Å²) in [5, 5.41) is 4.50. The number of halogens is 4. The Morgan fingerprint density at radius 1 is 1.37 bits per heavy atom. The van der Waals surface area contributed by atoms with Crippen molar-refractivity contribution in [3.63, 3.8) is 0 Å². The van der Waals surface area contributed by atoms with E-state index < -0.39 is 6.43 Å². The lowest BCUT2D eigenvalue weighted by molar-refractivity contribution is 0.146. The van der Waals surface area contributed by atoms with Gasteiger partial charge in [-0.15, -0.1) is 0 Å². The minimum Gasteiger partial charge on any atom is -0.384 e. The van der Waals surface area contributed by atoms with Gasteiger partial charge in [0.1, 0.15) is 5.69 Å². The van der Waals surface area contributed by atoms with Crippen molar-refractivity contribution in [2.45, 2.75) is 19.8 Å². The number of hydrogen-bond donors (Lipinski definition) is 1. The normalized spacial score (nSPS) is 11.3. The molecule has 0 aliphatic heterocycles. The van der Waals surface area contributed by atoms with Gasteiger partial charge in [0.2, 0.25) is 0 Å². The van der Waals surface area contributed by atoms with E-state index in [2.05, 4.69) is 32.9 Å². The summed E-state index contributed by atoms with van der Waals surface area (Å²) in [5.74, 6) is 0. The molecule has 0 saturated heterocycles. The SMILES string of the molecule is CCCNc1cc(C(F)F)nc2c(I)cc(Cl)cc12. The Bertz CT molecular complexity index is 605. The second-order valence-corrected chi connectivity index (χ2v) is 5.70. The van der Waals surface area contributed by atoms with E-state index in [1.807, 2.05) is 6.92 Å². The van der Waals surface area contributed by atoms with E-state index in [1.54, 1.807) is 12.1 Å². The van der Waals surface area contributed by atoms with Crippen LogP contribution in [0.2, 0.25) is 5.02 Å². The quantitative estimate of drug-likeness (QED) is 0.714. The van der Waals surface area contributed by atoms with Crippen LogP contribution < -0.4 is 5.32 Å². The van der Waals surface area contributed by atoms with Crippen molar-refractivity contribution < 1.29 is 8.78 Å². The molecule has 0 atom stereocenters. The van der Waals surface area contributed by atoms with Crippen LogP contribution in [0.25, 0.3) is 10.9 Å². The van der Waals surface area contributed by atoms with Gasteiger partial charge in [0.25, 0.3) is 6.43 Å². The molecule has 0 spiro atoms. The molecule has 0 unspecified atom stereocenters. The summed E-state index contributed by atoms with van der Waals surface area (Å²) < 4.78 is 26.5. The molecule has 1 heterocycles. The summed E-state index contributed by atoms with van der Waals surface area (Å²) in [5.41, 5.74) is 0.996. The fourth-order valence-electron chi connectivity index (χ4n) is 1.79. The van der Waals surface area contributed by atoms with Gasteiger partial charge in [0, 0.05) is 26.2 Å². The number of pyridine rings is 1. The van der Waals surface area contributed by atoms with E-state index in [9.17, 15) is 8.78 Å². The molecule has 1 N–H and O–H groups in total. The Hall–Kier alpha value is -0.690. The number of rotatable bonds is 4. The van der Waals surface area contributed by atoms with Gasteiger partial charge < -0.3 is 5.32 Å². The van der Waals surface area contributed by atoms with Crippen LogP contribution in [0, 0.1) is 3.57 Å². The summed E-state index contributed by atoms with van der Waals surface area (Å²) in [4.78, 5) is 4.03. The average Bonchev–Trinajstić information content (AvgIpc) is 2.35. The van der Waals surface area contributed by atoms with Crippen molar-refractivity contribution in [3.05, 3.63) is 32.5 Å². The Labute approximate surface area is 128 Å². The first-order chi connectivity index (χ1) is 9.02. The van der Waals surface area contributed by atoms with Gasteiger partial charge in [0.05, 0.1) is 5.52 Å². The predicted molar refractivity (Wildman–Crippen MR) is 83.2 cm³/mol. The molecule has 0 aliphatic rings. The molecule has 1 aromatic carbocycles. The zero-order chi connectivity index (χ0) is 14.0. The largest absolute Gasteiger partial charge is 0.384 e. The second kappa shape index (κ2) is 6.17. The third-order valence-electron chi connectivity index (χ3n) is 2.64. The summed E-state index contributed by atoms with van der Waals surface area (Å²) in [6.45, 7) is 2.73. The first-order valence-electron chi connectivity index (χ1n) is 5.84. The molecule has 0 saturated carbocycles. The van der Waals surface area contributed by atoms with Gasteiger partial charge in [-0.25, -0.2) is 13.8 Å². The highest BCUT2D eigenvalue weighted by molar-refractivity contribution is 14.1. The molecule has 19 heavy (non-hydrogen) atoms. The number of fused-ring (bicyclic) bond motifs is 1. The molecule has 2 aromatic rings. The zero-order valence-electron chi connectivity index (χ0n) is 10.2. The van der Waals surface area contributed by atoms with Crippen LogP contribution in [0.5, 0.6) is 0 Å². The maximum Gasteiger partial charge on any atom is 0.280 e. The lowest BCUT2D eigenvalue weighted by atomic mass is 10.1. The van der Waals surface area contributed by atoms with E-state index in [0.29, 0.717) is 22.8 Å². The monoisotopic (exact) mass is 396 g/mol. The molecule has 1 aromatic heterocycles. The van der Waals surface area contributed by atoms with E-state index >= 15 is 0 Å². The molecule has 0 amide bonds. The Morgan fingerprint density at radius 3 is 2.74 bits per heavy atom. The van der Waals surface area contributed by atoms with Gasteiger partial charge >= 0.3 is 0 Å². The van der Waals surface area contributed by atoms with Crippen molar-refractivity contribution in [2.75, 3.05) is 11.9 Å². The van der Waals surface area contributed by atoms with Gasteiger partial charge in [-0.3, -0.25) is 0 Å². The van der Waals surface area contributed by atoms with Gasteiger partial charge in [-0.05, 0) is 47.2 Å². The first-order valence-corrected chi connectivity index (χ1v) is 7.30. The van der Waals surface area contributed by atoms with E-state index in [0.717, 1.165) is 15.4 Å². The number of nitrogens with zero attached hydrogens (tertiary/aromatic N) is 1. The van der Waals surface area contributed by atoms with E-state index in [1.165, 1.54) is 6.07 Å². The third-order valence-corrected chi connectivity index (χ3v) is 3.68. The minimum absolute atomic E-state index is 0.216. The van der Waals surface area contributed by atoms with Crippen LogP contribution in [0.15, 0.2) is 18.2 Å². The summed E-state index contributed by atoms with van der Waals surface area (Å²) in [6, 6.07) is 4.87. The van der Waals surface area contributed by atoms with Crippen LogP contribution in [-0.2, 0) is 0 Å². The maximum atomic E-state index is 12.9. The molecule has 0 radical (unpaired) electrons. The molecule has 2 rings (SSSR count). The minimum atomic E-state index is -2.59. The topological polar surface area (TPSA) is 24.9 Å². The van der Waals surface area contributed by atoms with Crippen LogP contribution in [0.4, 0.5) is 14.5 Å². The number of aromatic nitrogens is 1. The Morgan fingerprint density at radius 2 is 2.11 bits per heavy atom. The van der Waals surface area contributed by atoms with Crippen LogP contribution in [-0.4, -0.2) is 11.5 Å². The van der Waals surface area contributed by atoms with Crippen molar-refractivity contribution in [3.8, 4) is 0 Å². The second-order valence-electron chi connectivity index (χ2n) is 4.11. The summed E-state index contributed by atoms with van der Waals surface area (Å²) in [7, 11) is 0. The molecule has 0 fully saturated rings. The molecule has 102 valence electrons. The van der Waals surface area contributed by atoms with Crippen LogP contribution in [0.3, 0.4) is 0 Å². The fourth-order valence-corrected chi connectivity index (χ4v) is 2.94. The number of anilines is 1. The molecule has 0 bridgehead atoms. The van der Waals surface area contributed by atoms with Crippen molar-refractivity contribution in [1.29, 1.82) is 0 Å². The number of alkyl halides is 2. The summed E-state index contributed by atoms with van der Waals surface area (Å²) >= 11 is 8.08. The standard InChI is InChI=1S/C13H12ClF2IN2/c1-2-3-18-10-6-11(13(15)16)19-12-8(10)4-7(14)5-9(12)17/h4-6,13H,2-3H2,1H3,(H,18,19). The third kappa shape index (κ3) is 3.25. The van der Waals surface area contributed by atoms with Crippen molar-refractivity contribution in [1.82, 2.24) is 4.98 Å². The first kappa shape index (κ1) is 14.7. The molecule has 6 heteroatoms. The molecular weight excluding hydrogens is 385 g/mol.